The van der Waals surface area contributed by atoms with Crippen molar-refractivity contribution in [3.05, 3.63) is 24.3 Å². The molecule has 0 heterocycles. The molecule has 3 nitrogen and oxygen atoms in total. The number of rotatable bonds is 2. The van der Waals surface area contributed by atoms with Gasteiger partial charge in [0, 0.05) is 0 Å². The quantitative estimate of drug-likeness (QED) is 0.431. The summed E-state index contributed by atoms with van der Waals surface area (Å²) in [4.78, 5) is 0. The van der Waals surface area contributed by atoms with Gasteiger partial charge in [0.1, 0.15) is 13.6 Å². The largest absolute Gasteiger partial charge is 0.534 e. The molecule has 0 aliphatic rings. The van der Waals surface area contributed by atoms with E-state index in [0.29, 0.717) is 0 Å². The van der Waals surface area contributed by atoms with Crippen LogP contribution in [0.2, 0.25) is 0 Å². The van der Waals surface area contributed by atoms with Crippen LogP contribution < -0.4 is 9.65 Å². The van der Waals surface area contributed by atoms with Gasteiger partial charge in [-0.05, 0) is 12.1 Å². The van der Waals surface area contributed by atoms with Crippen LogP contribution >= 0.6 is 0 Å². The van der Waals surface area contributed by atoms with Crippen molar-refractivity contribution in [1.82, 2.24) is 0 Å². The lowest BCUT2D eigenvalue weighted by Crippen LogP contribution is -2.28. The normalized spacial score (nSPS) is 12.5. The minimum atomic E-state index is -5.60. The molecule has 1 aromatic rings. The lowest BCUT2D eigenvalue weighted by molar-refractivity contribution is -0.0500. The van der Waals surface area contributed by atoms with Crippen LogP contribution in [0.3, 0.4) is 0 Å². The Balaban J connectivity index is 2.93. The Kier molecular flexibility index (Phi) is 2.99. The summed E-state index contributed by atoms with van der Waals surface area (Å²) < 4.78 is 60.5. The smallest absolute Gasteiger partial charge is 0.376 e. The summed E-state index contributed by atoms with van der Waals surface area (Å²) in [5.41, 5.74) is -5.15. The minimum absolute atomic E-state index is 0.284. The second-order valence-electron chi connectivity index (χ2n) is 2.55. The molecule has 0 N–H and O–H groups in total. The molecule has 0 fully saturated rings. The van der Waals surface area contributed by atoms with Gasteiger partial charge in [0.05, 0.1) is 0 Å². The van der Waals surface area contributed by atoms with Gasteiger partial charge in [0.2, 0.25) is 0 Å². The molecule has 8 heteroatoms. The second-order valence-corrected chi connectivity index (χ2v) is 4.09. The van der Waals surface area contributed by atoms with Crippen LogP contribution in [-0.2, 0) is 10.1 Å². The first-order valence-electron chi connectivity index (χ1n) is 3.59. The second kappa shape index (κ2) is 3.76. The standard InChI is InChI=1S/C7H4BF3O3S/c8-5-1-3-6(4-2-5)14-15(12,13)7(9,10)11/h1-4H. The lowest BCUT2D eigenvalue weighted by atomic mass is 9.97. The van der Waals surface area contributed by atoms with Gasteiger partial charge in [-0.1, -0.05) is 17.6 Å². The summed E-state index contributed by atoms with van der Waals surface area (Å²) >= 11 is 0. The van der Waals surface area contributed by atoms with Crippen molar-refractivity contribution in [3.63, 3.8) is 0 Å². The molecule has 0 saturated heterocycles. The van der Waals surface area contributed by atoms with Gasteiger partial charge in [-0.15, -0.1) is 0 Å². The Bertz CT molecular complexity index is 438. The SMILES string of the molecule is [B]c1ccc(OS(=O)(=O)C(F)(F)F)cc1. The molecule has 1 rings (SSSR count). The number of benzene rings is 1. The first kappa shape index (κ1) is 11.9. The van der Waals surface area contributed by atoms with Crippen molar-refractivity contribution in [1.29, 1.82) is 0 Å². The average Bonchev–Trinajstić information content (AvgIpc) is 2.06. The van der Waals surface area contributed by atoms with E-state index >= 15 is 0 Å². The number of halogens is 3. The van der Waals surface area contributed by atoms with Gasteiger partial charge in [-0.25, -0.2) is 0 Å². The third-order valence-electron chi connectivity index (χ3n) is 1.37. The number of alkyl halides is 3. The highest BCUT2D eigenvalue weighted by Crippen LogP contribution is 2.26. The Morgan fingerprint density at radius 1 is 1.13 bits per heavy atom. The molecule has 0 bridgehead atoms. The fourth-order valence-electron chi connectivity index (χ4n) is 0.697. The topological polar surface area (TPSA) is 43.4 Å². The summed E-state index contributed by atoms with van der Waals surface area (Å²) in [7, 11) is -0.355. The van der Waals surface area contributed by atoms with E-state index in [1.807, 2.05) is 0 Å². The summed E-state index contributed by atoms with van der Waals surface area (Å²) in [6, 6.07) is 4.50. The van der Waals surface area contributed by atoms with Gasteiger partial charge in [-0.2, -0.15) is 21.6 Å². The van der Waals surface area contributed by atoms with Gasteiger partial charge >= 0.3 is 15.6 Å². The number of hydrogen-bond acceptors (Lipinski definition) is 3. The van der Waals surface area contributed by atoms with E-state index in [-0.39, 0.29) is 5.46 Å². The Labute approximate surface area is 85.4 Å². The molecule has 0 spiro atoms. The van der Waals surface area contributed by atoms with E-state index < -0.39 is 21.4 Å². The molecular formula is C7H4BF3O3S. The fraction of sp³-hybridized carbons (Fsp3) is 0.143. The maximum absolute atomic E-state index is 11.9. The van der Waals surface area contributed by atoms with Crippen LogP contribution in [0.4, 0.5) is 13.2 Å². The van der Waals surface area contributed by atoms with Crippen molar-refractivity contribution < 1.29 is 25.8 Å². The highest BCUT2D eigenvalue weighted by Gasteiger charge is 2.48. The van der Waals surface area contributed by atoms with Crippen LogP contribution in [0.1, 0.15) is 0 Å². The molecule has 0 atom stereocenters. The molecule has 0 unspecified atom stereocenters. The molecule has 80 valence electrons. The van der Waals surface area contributed by atoms with E-state index in [2.05, 4.69) is 4.18 Å². The maximum atomic E-state index is 11.9. The van der Waals surface area contributed by atoms with E-state index in [9.17, 15) is 21.6 Å². The zero-order valence-corrected chi connectivity index (χ0v) is 7.97. The summed E-state index contributed by atoms with van der Waals surface area (Å²) in [5.74, 6) is -0.443. The molecule has 0 aromatic heterocycles. The first-order chi connectivity index (χ1) is 6.72. The molecule has 15 heavy (non-hydrogen) atoms. The average molecular weight is 236 g/mol. The molecule has 0 aliphatic carbocycles. The van der Waals surface area contributed by atoms with Crippen LogP contribution in [0, 0.1) is 0 Å². The highest BCUT2D eigenvalue weighted by molar-refractivity contribution is 7.87. The molecular weight excluding hydrogens is 232 g/mol. The maximum Gasteiger partial charge on any atom is 0.534 e. The monoisotopic (exact) mass is 236 g/mol. The fourth-order valence-corrected chi connectivity index (χ4v) is 1.16. The van der Waals surface area contributed by atoms with Crippen LogP contribution in [0.15, 0.2) is 24.3 Å². The predicted molar refractivity (Wildman–Crippen MR) is 47.4 cm³/mol. The zero-order chi connectivity index (χ0) is 11.7. The van der Waals surface area contributed by atoms with Gasteiger partial charge in [0.25, 0.3) is 0 Å². The van der Waals surface area contributed by atoms with Crippen LogP contribution in [0.5, 0.6) is 5.75 Å². The predicted octanol–water partition coefficient (Wildman–Crippen LogP) is 0.709. The summed E-state index contributed by atoms with van der Waals surface area (Å²) in [5, 5.41) is 0. The van der Waals surface area contributed by atoms with Gasteiger partial charge < -0.3 is 4.18 Å². The number of hydrogen-bond donors (Lipinski definition) is 0. The molecule has 0 saturated carbocycles. The summed E-state index contributed by atoms with van der Waals surface area (Å²) in [6.45, 7) is 0. The minimum Gasteiger partial charge on any atom is -0.376 e. The van der Waals surface area contributed by atoms with Crippen molar-refractivity contribution in [2.24, 2.45) is 0 Å². The van der Waals surface area contributed by atoms with E-state index in [4.69, 9.17) is 7.85 Å². The zero-order valence-electron chi connectivity index (χ0n) is 7.15. The Morgan fingerprint density at radius 2 is 1.60 bits per heavy atom. The van der Waals surface area contributed by atoms with Crippen LogP contribution in [0.25, 0.3) is 0 Å². The highest BCUT2D eigenvalue weighted by atomic mass is 32.2. The third-order valence-corrected chi connectivity index (χ3v) is 2.35. The van der Waals surface area contributed by atoms with E-state index in [1.54, 1.807) is 0 Å². The van der Waals surface area contributed by atoms with Crippen LogP contribution in [-0.4, -0.2) is 21.8 Å². The van der Waals surface area contributed by atoms with Gasteiger partial charge in [-0.3, -0.25) is 0 Å². The van der Waals surface area contributed by atoms with E-state index in [1.165, 1.54) is 12.1 Å². The molecule has 0 amide bonds. The van der Waals surface area contributed by atoms with Crippen molar-refractivity contribution in [3.8, 4) is 5.75 Å². The Hall–Kier alpha value is -1.18. The molecule has 0 aliphatic heterocycles. The lowest BCUT2D eigenvalue weighted by Gasteiger charge is -2.09. The summed E-state index contributed by atoms with van der Waals surface area (Å²) in [6.07, 6.45) is 0. The van der Waals surface area contributed by atoms with Crippen molar-refractivity contribution in [2.45, 2.75) is 5.51 Å². The van der Waals surface area contributed by atoms with Crippen molar-refractivity contribution >= 4 is 23.4 Å². The van der Waals surface area contributed by atoms with E-state index in [0.717, 1.165) is 12.1 Å². The Morgan fingerprint density at radius 3 is 2.00 bits per heavy atom. The molecule has 2 radical (unpaired) electrons. The van der Waals surface area contributed by atoms with Gasteiger partial charge in [0.15, 0.2) is 0 Å². The third kappa shape index (κ3) is 2.88. The molecule has 1 aromatic carbocycles. The first-order valence-corrected chi connectivity index (χ1v) is 4.99. The van der Waals surface area contributed by atoms with Crippen molar-refractivity contribution in [2.75, 3.05) is 0 Å².